The summed E-state index contributed by atoms with van der Waals surface area (Å²) in [6.07, 6.45) is 0. The van der Waals surface area contributed by atoms with Crippen LogP contribution in [0, 0.1) is 0 Å². The number of nitrogens with one attached hydrogen (secondary N) is 1. The lowest BCUT2D eigenvalue weighted by molar-refractivity contribution is -0.138. The first-order chi connectivity index (χ1) is 8.92. The third-order valence-corrected chi connectivity index (χ3v) is 4.09. The van der Waals surface area contributed by atoms with Crippen molar-refractivity contribution in [2.24, 2.45) is 0 Å². The molecule has 8 heteroatoms. The van der Waals surface area contributed by atoms with E-state index in [1.807, 2.05) is 0 Å². The van der Waals surface area contributed by atoms with Crippen LogP contribution in [0.2, 0.25) is 0 Å². The molecule has 19 heavy (non-hydrogen) atoms. The van der Waals surface area contributed by atoms with Crippen LogP contribution >= 0.6 is 0 Å². The summed E-state index contributed by atoms with van der Waals surface area (Å²) in [7, 11) is -3.98. The normalized spacial score (nSPS) is 15.8. The summed E-state index contributed by atoms with van der Waals surface area (Å²) in [4.78, 5) is 10.6. The molecule has 1 aromatic rings. The Morgan fingerprint density at radius 2 is 2.05 bits per heavy atom. The zero-order chi connectivity index (χ0) is 14.0. The lowest BCUT2D eigenvalue weighted by Gasteiger charge is -2.21. The molecular weight excluding hydrogens is 274 g/mol. The van der Waals surface area contributed by atoms with Crippen molar-refractivity contribution in [3.8, 4) is 11.5 Å². The molecule has 0 amide bonds. The van der Waals surface area contributed by atoms with Crippen molar-refractivity contribution in [2.75, 3.05) is 13.2 Å². The quantitative estimate of drug-likeness (QED) is 0.820. The highest BCUT2D eigenvalue weighted by molar-refractivity contribution is 7.89. The van der Waals surface area contributed by atoms with E-state index in [0.29, 0.717) is 12.4 Å². The molecule has 1 aromatic carbocycles. The van der Waals surface area contributed by atoms with Gasteiger partial charge in [0.25, 0.3) is 0 Å². The summed E-state index contributed by atoms with van der Waals surface area (Å²) in [5.74, 6) is -0.818. The van der Waals surface area contributed by atoms with E-state index >= 15 is 0 Å². The number of sulfonamides is 1. The first kappa shape index (κ1) is 13.6. The lowest BCUT2D eigenvalue weighted by atomic mass is 10.3. The smallest absolute Gasteiger partial charge is 0.321 e. The summed E-state index contributed by atoms with van der Waals surface area (Å²) in [6.45, 7) is 1.83. The topological polar surface area (TPSA) is 102 Å². The highest BCUT2D eigenvalue weighted by Gasteiger charge is 2.28. The van der Waals surface area contributed by atoms with Gasteiger partial charge in [-0.05, 0) is 19.1 Å². The van der Waals surface area contributed by atoms with E-state index < -0.39 is 22.0 Å². The van der Waals surface area contributed by atoms with E-state index in [1.165, 1.54) is 19.1 Å². The molecule has 0 bridgehead atoms. The Morgan fingerprint density at radius 3 is 2.74 bits per heavy atom. The Morgan fingerprint density at radius 1 is 1.37 bits per heavy atom. The van der Waals surface area contributed by atoms with Crippen molar-refractivity contribution in [1.29, 1.82) is 0 Å². The molecule has 1 aliphatic heterocycles. The first-order valence-corrected chi connectivity index (χ1v) is 7.04. The lowest BCUT2D eigenvalue weighted by Crippen LogP contribution is -2.38. The Hall–Kier alpha value is -1.80. The molecular formula is C11H13NO6S. The predicted molar refractivity (Wildman–Crippen MR) is 64.9 cm³/mol. The third-order valence-electron chi connectivity index (χ3n) is 2.52. The molecule has 2 N–H and O–H groups in total. The van der Waals surface area contributed by atoms with Crippen LogP contribution in [0.15, 0.2) is 23.1 Å². The number of rotatable bonds is 4. The van der Waals surface area contributed by atoms with Crippen molar-refractivity contribution in [3.63, 3.8) is 0 Å². The minimum absolute atomic E-state index is 0.110. The summed E-state index contributed by atoms with van der Waals surface area (Å²) >= 11 is 0. The summed E-state index contributed by atoms with van der Waals surface area (Å²) in [5.41, 5.74) is 0. The highest BCUT2D eigenvalue weighted by Crippen LogP contribution is 2.36. The van der Waals surface area contributed by atoms with Crippen LogP contribution in [0.1, 0.15) is 6.92 Å². The molecule has 2 rings (SSSR count). The Bertz CT molecular complexity index is 597. The van der Waals surface area contributed by atoms with Crippen molar-refractivity contribution in [2.45, 2.75) is 17.9 Å². The molecule has 0 aromatic heterocycles. The fraction of sp³-hybridized carbons (Fsp3) is 0.364. The molecule has 1 aliphatic rings. The largest absolute Gasteiger partial charge is 0.486 e. The van der Waals surface area contributed by atoms with Gasteiger partial charge in [-0.2, -0.15) is 4.72 Å². The maximum absolute atomic E-state index is 12.1. The number of carboxylic acids is 1. The van der Waals surface area contributed by atoms with Gasteiger partial charge in [-0.25, -0.2) is 8.42 Å². The molecule has 0 radical (unpaired) electrons. The van der Waals surface area contributed by atoms with Crippen LogP contribution < -0.4 is 14.2 Å². The van der Waals surface area contributed by atoms with Crippen molar-refractivity contribution >= 4 is 16.0 Å². The van der Waals surface area contributed by atoms with Crippen LogP contribution in [-0.4, -0.2) is 38.7 Å². The maximum Gasteiger partial charge on any atom is 0.321 e. The Labute approximate surface area is 110 Å². The van der Waals surface area contributed by atoms with Gasteiger partial charge >= 0.3 is 5.97 Å². The van der Waals surface area contributed by atoms with E-state index in [9.17, 15) is 13.2 Å². The number of benzene rings is 1. The van der Waals surface area contributed by atoms with Crippen molar-refractivity contribution in [3.05, 3.63) is 18.2 Å². The van der Waals surface area contributed by atoms with E-state index in [0.717, 1.165) is 0 Å². The number of hydrogen-bond acceptors (Lipinski definition) is 5. The van der Waals surface area contributed by atoms with Crippen LogP contribution in [0.5, 0.6) is 11.5 Å². The number of para-hydroxylation sites is 1. The van der Waals surface area contributed by atoms with Crippen LogP contribution in [0.3, 0.4) is 0 Å². The van der Waals surface area contributed by atoms with E-state index in [1.54, 1.807) is 6.07 Å². The van der Waals surface area contributed by atoms with Crippen LogP contribution in [-0.2, 0) is 14.8 Å². The molecule has 7 nitrogen and oxygen atoms in total. The van der Waals surface area contributed by atoms with Gasteiger partial charge < -0.3 is 14.6 Å². The first-order valence-electron chi connectivity index (χ1n) is 5.55. The third kappa shape index (κ3) is 2.79. The standard InChI is InChI=1S/C11H13NO6S/c1-7(11(13)14)12-19(15,16)9-4-2-3-8-10(9)18-6-5-17-8/h2-4,7,12H,5-6H2,1H3,(H,13,14)/t7-/m1/s1. The fourth-order valence-corrected chi connectivity index (χ4v) is 2.96. The molecule has 0 saturated heterocycles. The minimum Gasteiger partial charge on any atom is -0.486 e. The molecule has 0 spiro atoms. The summed E-state index contributed by atoms with van der Waals surface area (Å²) < 4.78 is 36.8. The second-order valence-electron chi connectivity index (χ2n) is 3.96. The van der Waals surface area contributed by atoms with Gasteiger partial charge in [0.2, 0.25) is 10.0 Å². The van der Waals surface area contributed by atoms with Gasteiger partial charge in [0.05, 0.1) is 0 Å². The Balaban J connectivity index is 2.38. The van der Waals surface area contributed by atoms with E-state index in [2.05, 4.69) is 4.72 Å². The molecule has 0 saturated carbocycles. The Kier molecular flexibility index (Phi) is 3.63. The number of fused-ring (bicyclic) bond motifs is 1. The van der Waals surface area contributed by atoms with Gasteiger partial charge in [-0.1, -0.05) is 6.07 Å². The van der Waals surface area contributed by atoms with E-state index in [4.69, 9.17) is 14.6 Å². The van der Waals surface area contributed by atoms with E-state index in [-0.39, 0.29) is 17.3 Å². The number of hydrogen-bond donors (Lipinski definition) is 2. The highest BCUT2D eigenvalue weighted by atomic mass is 32.2. The number of carbonyl (C=O) groups is 1. The predicted octanol–water partition coefficient (Wildman–Crippen LogP) is 0.209. The van der Waals surface area contributed by atoms with Crippen LogP contribution in [0.25, 0.3) is 0 Å². The van der Waals surface area contributed by atoms with Crippen molar-refractivity contribution < 1.29 is 27.8 Å². The monoisotopic (exact) mass is 287 g/mol. The average molecular weight is 287 g/mol. The number of ether oxygens (including phenoxy) is 2. The maximum atomic E-state index is 12.1. The number of carboxylic acid groups (broad SMARTS) is 1. The summed E-state index contributed by atoms with van der Waals surface area (Å²) in [5, 5.41) is 8.75. The summed E-state index contributed by atoms with van der Waals surface area (Å²) in [6, 6.07) is 3.21. The minimum atomic E-state index is -3.98. The van der Waals surface area contributed by atoms with Crippen LogP contribution in [0.4, 0.5) is 0 Å². The molecule has 0 aliphatic carbocycles. The fourth-order valence-electron chi connectivity index (χ4n) is 1.61. The molecule has 0 unspecified atom stereocenters. The van der Waals surface area contributed by atoms with Crippen molar-refractivity contribution in [1.82, 2.24) is 4.72 Å². The molecule has 1 atom stereocenters. The second kappa shape index (κ2) is 5.06. The zero-order valence-electron chi connectivity index (χ0n) is 10.1. The molecule has 1 heterocycles. The van der Waals surface area contributed by atoms with Gasteiger partial charge in [0, 0.05) is 0 Å². The molecule has 0 fully saturated rings. The average Bonchev–Trinajstić information content (AvgIpc) is 2.37. The SMILES string of the molecule is C[C@@H](NS(=O)(=O)c1cccc2c1OCCO2)C(=O)O. The second-order valence-corrected chi connectivity index (χ2v) is 5.64. The molecule has 104 valence electrons. The van der Waals surface area contributed by atoms with Gasteiger partial charge in [-0.15, -0.1) is 0 Å². The number of aliphatic carboxylic acids is 1. The van der Waals surface area contributed by atoms with Gasteiger partial charge in [-0.3, -0.25) is 4.79 Å². The van der Waals surface area contributed by atoms with Gasteiger partial charge in [0.1, 0.15) is 24.2 Å². The zero-order valence-corrected chi connectivity index (χ0v) is 10.9. The van der Waals surface area contributed by atoms with Gasteiger partial charge in [0.15, 0.2) is 11.5 Å².